The largest absolute Gasteiger partial charge is 0.454 e. The van der Waals surface area contributed by atoms with Crippen molar-refractivity contribution in [3.05, 3.63) is 75.3 Å². The summed E-state index contributed by atoms with van der Waals surface area (Å²) in [6, 6.07) is 14.5. The predicted octanol–water partition coefficient (Wildman–Crippen LogP) is 3.87. The molecule has 0 bridgehead atoms. The minimum absolute atomic E-state index is 0.111. The Morgan fingerprint density at radius 3 is 2.60 bits per heavy atom. The van der Waals surface area contributed by atoms with Gasteiger partial charge in [0.2, 0.25) is 6.79 Å². The highest BCUT2D eigenvalue weighted by Gasteiger charge is 2.23. The van der Waals surface area contributed by atoms with Crippen LogP contribution in [0.5, 0.6) is 11.5 Å². The third kappa shape index (κ3) is 4.51. The summed E-state index contributed by atoms with van der Waals surface area (Å²) < 4.78 is 13.0. The summed E-state index contributed by atoms with van der Waals surface area (Å²) in [6.45, 7) is 3.97. The Bertz CT molecular complexity index is 1410. The molecule has 180 valence electrons. The number of nitrogens with zero attached hydrogens (tertiary/aromatic N) is 5. The monoisotopic (exact) mass is 472 g/mol. The lowest BCUT2D eigenvalue weighted by atomic mass is 10.1. The number of hydrogen-bond acceptors (Lipinski definition) is 7. The van der Waals surface area contributed by atoms with Gasteiger partial charge >= 0.3 is 0 Å². The highest BCUT2D eigenvalue weighted by Crippen LogP contribution is 2.35. The fourth-order valence-corrected chi connectivity index (χ4v) is 5.07. The second-order valence-corrected chi connectivity index (χ2v) is 9.53. The first-order valence-electron chi connectivity index (χ1n) is 12.1. The van der Waals surface area contributed by atoms with Gasteiger partial charge in [0, 0.05) is 30.1 Å². The summed E-state index contributed by atoms with van der Waals surface area (Å²) in [5.74, 6) is 2.19. The van der Waals surface area contributed by atoms with Gasteiger partial charge in [-0.05, 0) is 47.9 Å². The zero-order valence-corrected chi connectivity index (χ0v) is 19.7. The molecule has 6 rings (SSSR count). The number of hydrogen-bond donors (Lipinski definition) is 1. The van der Waals surface area contributed by atoms with Crippen molar-refractivity contribution < 1.29 is 9.47 Å². The maximum absolute atomic E-state index is 13.0. The van der Waals surface area contributed by atoms with Crippen LogP contribution in [0.4, 0.5) is 0 Å². The van der Waals surface area contributed by atoms with E-state index in [1.54, 1.807) is 0 Å². The number of fused-ring (bicyclic) bond motifs is 2. The van der Waals surface area contributed by atoms with E-state index in [-0.39, 0.29) is 12.4 Å². The van der Waals surface area contributed by atoms with E-state index < -0.39 is 0 Å². The van der Waals surface area contributed by atoms with E-state index in [2.05, 4.69) is 56.6 Å². The fourth-order valence-electron chi connectivity index (χ4n) is 5.07. The number of aromatic amines is 1. The molecule has 3 heterocycles. The van der Waals surface area contributed by atoms with Crippen LogP contribution in [0.15, 0.2) is 47.3 Å². The molecule has 0 saturated heterocycles. The van der Waals surface area contributed by atoms with E-state index in [9.17, 15) is 4.79 Å². The number of tetrazole rings is 1. The predicted molar refractivity (Wildman–Crippen MR) is 130 cm³/mol. The molecule has 1 saturated carbocycles. The summed E-state index contributed by atoms with van der Waals surface area (Å²) in [6.07, 6.45) is 4.64. The number of ether oxygens (including phenoxy) is 2. The second-order valence-electron chi connectivity index (χ2n) is 9.53. The molecule has 4 aromatic rings. The summed E-state index contributed by atoms with van der Waals surface area (Å²) in [4.78, 5) is 18.3. The van der Waals surface area contributed by atoms with Crippen molar-refractivity contribution >= 4 is 10.9 Å². The molecule has 9 nitrogen and oxygen atoms in total. The molecule has 35 heavy (non-hydrogen) atoms. The molecule has 0 atom stereocenters. The van der Waals surface area contributed by atoms with Gasteiger partial charge in [0.25, 0.3) is 5.56 Å². The van der Waals surface area contributed by atoms with Crippen molar-refractivity contribution in [2.24, 2.45) is 0 Å². The summed E-state index contributed by atoms with van der Waals surface area (Å²) in [7, 11) is 0. The Morgan fingerprint density at radius 1 is 1.03 bits per heavy atom. The first kappa shape index (κ1) is 21.8. The van der Waals surface area contributed by atoms with Gasteiger partial charge in [-0.3, -0.25) is 9.69 Å². The lowest BCUT2D eigenvalue weighted by Gasteiger charge is -2.23. The summed E-state index contributed by atoms with van der Waals surface area (Å²) >= 11 is 0. The zero-order chi connectivity index (χ0) is 23.8. The number of rotatable bonds is 7. The second kappa shape index (κ2) is 9.14. The topological polar surface area (TPSA) is 98.2 Å². The van der Waals surface area contributed by atoms with Crippen LogP contribution in [0.2, 0.25) is 0 Å². The molecule has 1 N–H and O–H groups in total. The Hall–Kier alpha value is -3.72. The van der Waals surface area contributed by atoms with E-state index in [0.29, 0.717) is 42.7 Å². The molecule has 0 spiro atoms. The molecule has 1 aliphatic carbocycles. The maximum atomic E-state index is 13.0. The van der Waals surface area contributed by atoms with Crippen molar-refractivity contribution in [3.63, 3.8) is 0 Å². The van der Waals surface area contributed by atoms with Crippen molar-refractivity contribution in [2.45, 2.75) is 58.3 Å². The molecule has 2 aliphatic rings. The third-order valence-corrected chi connectivity index (χ3v) is 6.93. The third-order valence-electron chi connectivity index (χ3n) is 6.93. The number of aryl methyl sites for hydroxylation is 1. The molecular formula is C26H28N6O3. The number of H-pyrrole nitrogens is 1. The molecule has 1 aliphatic heterocycles. The lowest BCUT2D eigenvalue weighted by molar-refractivity contribution is 0.174. The molecule has 0 amide bonds. The van der Waals surface area contributed by atoms with Gasteiger partial charge in [-0.25, -0.2) is 4.68 Å². The smallest absolute Gasteiger partial charge is 0.252 e. The van der Waals surface area contributed by atoms with Crippen LogP contribution >= 0.6 is 0 Å². The van der Waals surface area contributed by atoms with Gasteiger partial charge in [-0.15, -0.1) is 5.10 Å². The average molecular weight is 473 g/mol. The van der Waals surface area contributed by atoms with Gasteiger partial charge in [0.05, 0.1) is 18.1 Å². The van der Waals surface area contributed by atoms with E-state index in [1.165, 1.54) is 24.0 Å². The van der Waals surface area contributed by atoms with Crippen molar-refractivity contribution in [1.82, 2.24) is 30.1 Å². The van der Waals surface area contributed by atoms with E-state index in [1.807, 2.05) is 22.9 Å². The zero-order valence-electron chi connectivity index (χ0n) is 19.7. The highest BCUT2D eigenvalue weighted by atomic mass is 16.7. The van der Waals surface area contributed by atoms with Gasteiger partial charge in [-0.2, -0.15) is 0 Å². The van der Waals surface area contributed by atoms with Crippen molar-refractivity contribution in [3.8, 4) is 11.5 Å². The average Bonchev–Trinajstić information content (AvgIpc) is 3.61. The first-order valence-corrected chi connectivity index (χ1v) is 12.1. The Balaban J connectivity index is 1.32. The van der Waals surface area contributed by atoms with Crippen LogP contribution in [0.3, 0.4) is 0 Å². The summed E-state index contributed by atoms with van der Waals surface area (Å²) in [5, 5.41) is 13.5. The van der Waals surface area contributed by atoms with Crippen LogP contribution in [0.1, 0.15) is 54.2 Å². The standard InChI is InChI=1S/C26H28N6O3/c1-17-6-8-18(9-7-17)13-31(15-25-28-29-30-32(25)21-4-2-3-5-21)14-20-10-19-11-23-24(35-16-34-23)12-22(19)27-26(20)33/h6-12,21H,2-5,13-16H2,1H3,(H,27,33). The van der Waals surface area contributed by atoms with Crippen LogP contribution in [0, 0.1) is 6.92 Å². The van der Waals surface area contributed by atoms with Gasteiger partial charge in [0.1, 0.15) is 0 Å². The number of benzene rings is 2. The molecule has 2 aromatic heterocycles. The van der Waals surface area contributed by atoms with Crippen LogP contribution in [0.25, 0.3) is 10.9 Å². The van der Waals surface area contributed by atoms with Crippen molar-refractivity contribution in [1.29, 1.82) is 0 Å². The number of nitrogens with one attached hydrogen (secondary N) is 1. The molecule has 0 unspecified atom stereocenters. The fraction of sp³-hybridized carbons (Fsp3) is 0.385. The van der Waals surface area contributed by atoms with Crippen LogP contribution in [-0.2, 0) is 19.6 Å². The van der Waals surface area contributed by atoms with Crippen molar-refractivity contribution in [2.75, 3.05) is 6.79 Å². The minimum atomic E-state index is -0.111. The van der Waals surface area contributed by atoms with Gasteiger partial charge in [-0.1, -0.05) is 42.7 Å². The van der Waals surface area contributed by atoms with Crippen LogP contribution < -0.4 is 15.0 Å². The number of pyridine rings is 1. The first-order chi connectivity index (χ1) is 17.1. The minimum Gasteiger partial charge on any atom is -0.454 e. The quantitative estimate of drug-likeness (QED) is 0.436. The van der Waals surface area contributed by atoms with Crippen LogP contribution in [-0.4, -0.2) is 36.9 Å². The number of aromatic nitrogens is 5. The highest BCUT2D eigenvalue weighted by molar-refractivity contribution is 5.83. The van der Waals surface area contributed by atoms with Gasteiger partial charge < -0.3 is 14.5 Å². The maximum Gasteiger partial charge on any atom is 0.252 e. The molecule has 1 fully saturated rings. The molecule has 2 aromatic carbocycles. The van der Waals surface area contributed by atoms with E-state index in [4.69, 9.17) is 9.47 Å². The van der Waals surface area contributed by atoms with Gasteiger partial charge in [0.15, 0.2) is 17.3 Å². The molecule has 9 heteroatoms. The SMILES string of the molecule is Cc1ccc(CN(Cc2cc3cc4c(cc3[nH]c2=O)OCO4)Cc2nnnn2C2CCCC2)cc1. The normalized spacial score (nSPS) is 15.5. The van der Waals surface area contributed by atoms with E-state index >= 15 is 0 Å². The summed E-state index contributed by atoms with van der Waals surface area (Å²) in [5.41, 5.74) is 3.70. The Labute approximate surface area is 202 Å². The Kier molecular flexibility index (Phi) is 5.69. The Morgan fingerprint density at radius 2 is 1.80 bits per heavy atom. The van der Waals surface area contributed by atoms with E-state index in [0.717, 1.165) is 29.6 Å². The molecular weight excluding hydrogens is 444 g/mol. The molecule has 0 radical (unpaired) electrons. The lowest BCUT2D eigenvalue weighted by Crippen LogP contribution is -2.28.